The SMILES string of the molecule is NC(CCN1CCC(OCCO)CC1)c1ccccc1Cl. The summed E-state index contributed by atoms with van der Waals surface area (Å²) in [6.07, 6.45) is 3.26. The van der Waals surface area contributed by atoms with Gasteiger partial charge in [0.25, 0.3) is 0 Å². The number of hydrogen-bond acceptors (Lipinski definition) is 4. The Balaban J connectivity index is 1.71. The van der Waals surface area contributed by atoms with Crippen LogP contribution in [0.2, 0.25) is 5.02 Å². The van der Waals surface area contributed by atoms with Crippen LogP contribution in [0.15, 0.2) is 24.3 Å². The van der Waals surface area contributed by atoms with Crippen molar-refractivity contribution in [2.24, 2.45) is 5.73 Å². The highest BCUT2D eigenvalue weighted by Crippen LogP contribution is 2.24. The molecule has 1 saturated heterocycles. The Bertz CT molecular complexity index is 422. The van der Waals surface area contributed by atoms with Gasteiger partial charge in [-0.3, -0.25) is 0 Å². The number of nitrogens with zero attached hydrogens (tertiary/aromatic N) is 1. The van der Waals surface area contributed by atoms with Gasteiger partial charge in [0.15, 0.2) is 0 Å². The molecule has 0 aromatic heterocycles. The predicted octanol–water partition coefficient (Wildman–Crippen LogP) is 2.20. The summed E-state index contributed by atoms with van der Waals surface area (Å²) in [6, 6.07) is 7.78. The Morgan fingerprint density at radius 1 is 1.33 bits per heavy atom. The number of hydrogen-bond donors (Lipinski definition) is 2. The van der Waals surface area contributed by atoms with E-state index in [1.165, 1.54) is 0 Å². The fraction of sp³-hybridized carbons (Fsp3) is 0.625. The Morgan fingerprint density at radius 2 is 2.05 bits per heavy atom. The summed E-state index contributed by atoms with van der Waals surface area (Å²) >= 11 is 6.18. The topological polar surface area (TPSA) is 58.7 Å². The zero-order chi connectivity index (χ0) is 15.1. The van der Waals surface area contributed by atoms with Crippen molar-refractivity contribution >= 4 is 11.6 Å². The first kappa shape index (κ1) is 16.7. The number of halogens is 1. The summed E-state index contributed by atoms with van der Waals surface area (Å²) in [7, 11) is 0. The molecule has 118 valence electrons. The van der Waals surface area contributed by atoms with Crippen molar-refractivity contribution in [1.82, 2.24) is 4.90 Å². The minimum Gasteiger partial charge on any atom is -0.394 e. The molecule has 3 N–H and O–H groups in total. The van der Waals surface area contributed by atoms with E-state index >= 15 is 0 Å². The molecule has 1 fully saturated rings. The highest BCUT2D eigenvalue weighted by molar-refractivity contribution is 6.31. The number of aliphatic hydroxyl groups is 1. The van der Waals surface area contributed by atoms with Gasteiger partial charge in [-0.05, 0) is 37.4 Å². The summed E-state index contributed by atoms with van der Waals surface area (Å²) in [5.41, 5.74) is 7.27. The molecule has 5 heteroatoms. The molecular weight excluding hydrogens is 288 g/mol. The maximum absolute atomic E-state index is 8.76. The predicted molar refractivity (Wildman–Crippen MR) is 85.5 cm³/mol. The van der Waals surface area contributed by atoms with Crippen LogP contribution in [0, 0.1) is 0 Å². The summed E-state index contributed by atoms with van der Waals surface area (Å²) in [6.45, 7) is 3.60. The number of piperidine rings is 1. The molecule has 1 aromatic carbocycles. The van der Waals surface area contributed by atoms with Gasteiger partial charge >= 0.3 is 0 Å². The average molecular weight is 313 g/mol. The standard InChI is InChI=1S/C16H25ClN2O2/c17-15-4-2-1-3-14(15)16(18)7-10-19-8-5-13(6-9-19)21-12-11-20/h1-4,13,16,20H,5-12,18H2. The van der Waals surface area contributed by atoms with Gasteiger partial charge in [-0.25, -0.2) is 0 Å². The van der Waals surface area contributed by atoms with Gasteiger partial charge < -0.3 is 20.5 Å². The van der Waals surface area contributed by atoms with Crippen LogP contribution in [0.25, 0.3) is 0 Å². The number of nitrogens with two attached hydrogens (primary N) is 1. The molecule has 0 saturated carbocycles. The van der Waals surface area contributed by atoms with Crippen molar-refractivity contribution < 1.29 is 9.84 Å². The first-order chi connectivity index (χ1) is 10.2. The highest BCUT2D eigenvalue weighted by Gasteiger charge is 2.20. The van der Waals surface area contributed by atoms with E-state index in [2.05, 4.69) is 4.90 Å². The van der Waals surface area contributed by atoms with Crippen LogP contribution in [0.1, 0.15) is 30.9 Å². The van der Waals surface area contributed by atoms with Gasteiger partial charge in [0.1, 0.15) is 0 Å². The lowest BCUT2D eigenvalue weighted by Gasteiger charge is -2.32. The summed E-state index contributed by atoms with van der Waals surface area (Å²) in [5.74, 6) is 0. The van der Waals surface area contributed by atoms with Gasteiger partial charge in [-0.2, -0.15) is 0 Å². The second-order valence-electron chi connectivity index (χ2n) is 5.55. The lowest BCUT2D eigenvalue weighted by molar-refractivity contribution is -0.00802. The normalized spacial score (nSPS) is 18.8. The molecule has 0 amide bonds. The van der Waals surface area contributed by atoms with Crippen LogP contribution in [0.5, 0.6) is 0 Å². The van der Waals surface area contributed by atoms with E-state index in [1.54, 1.807) is 0 Å². The van der Waals surface area contributed by atoms with Crippen LogP contribution in [-0.2, 0) is 4.74 Å². The zero-order valence-electron chi connectivity index (χ0n) is 12.4. The molecule has 1 aromatic rings. The summed E-state index contributed by atoms with van der Waals surface area (Å²) < 4.78 is 5.57. The minimum absolute atomic E-state index is 0.0120. The summed E-state index contributed by atoms with van der Waals surface area (Å²) in [5, 5.41) is 9.52. The second kappa shape index (κ2) is 8.71. The molecule has 1 heterocycles. The molecule has 21 heavy (non-hydrogen) atoms. The van der Waals surface area contributed by atoms with Crippen LogP contribution < -0.4 is 5.73 Å². The van der Waals surface area contributed by atoms with Gasteiger partial charge in [0, 0.05) is 24.2 Å². The minimum atomic E-state index is -0.0120. The third-order valence-corrected chi connectivity index (χ3v) is 4.38. The number of ether oxygens (including phenoxy) is 1. The molecule has 2 rings (SSSR count). The van der Waals surface area contributed by atoms with Gasteiger partial charge in [0.2, 0.25) is 0 Å². The molecular formula is C16H25ClN2O2. The van der Waals surface area contributed by atoms with E-state index in [1.807, 2.05) is 24.3 Å². The fourth-order valence-electron chi connectivity index (χ4n) is 2.77. The Kier molecular flexibility index (Phi) is 6.93. The molecule has 0 spiro atoms. The fourth-order valence-corrected chi connectivity index (χ4v) is 3.05. The van der Waals surface area contributed by atoms with Crippen molar-refractivity contribution in [3.05, 3.63) is 34.9 Å². The van der Waals surface area contributed by atoms with Crippen LogP contribution in [0.4, 0.5) is 0 Å². The van der Waals surface area contributed by atoms with Crippen molar-refractivity contribution in [2.75, 3.05) is 32.8 Å². The van der Waals surface area contributed by atoms with Crippen LogP contribution in [0.3, 0.4) is 0 Å². The first-order valence-electron chi connectivity index (χ1n) is 7.65. The Morgan fingerprint density at radius 3 is 2.71 bits per heavy atom. The van der Waals surface area contributed by atoms with Crippen molar-refractivity contribution in [3.8, 4) is 0 Å². The van der Waals surface area contributed by atoms with Crippen molar-refractivity contribution in [1.29, 1.82) is 0 Å². The van der Waals surface area contributed by atoms with Gasteiger partial charge in [-0.1, -0.05) is 29.8 Å². The molecule has 0 radical (unpaired) electrons. The van der Waals surface area contributed by atoms with E-state index in [0.29, 0.717) is 12.7 Å². The summed E-state index contributed by atoms with van der Waals surface area (Å²) in [4.78, 5) is 2.43. The monoisotopic (exact) mass is 312 g/mol. The van der Waals surface area contributed by atoms with Gasteiger partial charge in [-0.15, -0.1) is 0 Å². The molecule has 4 nitrogen and oxygen atoms in total. The van der Waals surface area contributed by atoms with E-state index in [-0.39, 0.29) is 12.6 Å². The zero-order valence-corrected chi connectivity index (χ0v) is 13.1. The average Bonchev–Trinajstić information content (AvgIpc) is 2.52. The maximum atomic E-state index is 8.76. The Labute approximate surface area is 131 Å². The van der Waals surface area contributed by atoms with Crippen molar-refractivity contribution in [3.63, 3.8) is 0 Å². The quantitative estimate of drug-likeness (QED) is 0.810. The van der Waals surface area contributed by atoms with E-state index < -0.39 is 0 Å². The lowest BCUT2D eigenvalue weighted by Crippen LogP contribution is -2.38. The largest absolute Gasteiger partial charge is 0.394 e. The first-order valence-corrected chi connectivity index (χ1v) is 8.03. The van der Waals surface area contributed by atoms with Crippen LogP contribution in [-0.4, -0.2) is 49.0 Å². The molecule has 0 aliphatic carbocycles. The maximum Gasteiger partial charge on any atom is 0.0701 e. The molecule has 1 unspecified atom stereocenters. The highest BCUT2D eigenvalue weighted by atomic mass is 35.5. The number of aliphatic hydroxyl groups excluding tert-OH is 1. The molecule has 1 aliphatic heterocycles. The van der Waals surface area contributed by atoms with E-state index in [4.69, 9.17) is 27.2 Å². The van der Waals surface area contributed by atoms with Gasteiger partial charge in [0.05, 0.1) is 19.3 Å². The molecule has 1 atom stereocenters. The van der Waals surface area contributed by atoms with E-state index in [9.17, 15) is 0 Å². The number of rotatable bonds is 7. The third-order valence-electron chi connectivity index (χ3n) is 4.04. The lowest BCUT2D eigenvalue weighted by atomic mass is 10.0. The smallest absolute Gasteiger partial charge is 0.0701 e. The van der Waals surface area contributed by atoms with Crippen molar-refractivity contribution in [2.45, 2.75) is 31.4 Å². The Hall–Kier alpha value is -0.650. The molecule has 1 aliphatic rings. The number of likely N-dealkylation sites (tertiary alicyclic amines) is 1. The number of benzene rings is 1. The third kappa shape index (κ3) is 5.24. The van der Waals surface area contributed by atoms with Crippen LogP contribution >= 0.6 is 11.6 Å². The molecule has 0 bridgehead atoms. The second-order valence-corrected chi connectivity index (χ2v) is 5.96. The van der Waals surface area contributed by atoms with E-state index in [0.717, 1.165) is 49.5 Å².